The van der Waals surface area contributed by atoms with Crippen molar-refractivity contribution in [3.8, 4) is 0 Å². The Hall–Kier alpha value is -2.08. The van der Waals surface area contributed by atoms with Gasteiger partial charge in [0, 0.05) is 26.2 Å². The van der Waals surface area contributed by atoms with E-state index < -0.39 is 0 Å². The molecule has 0 saturated carbocycles. The van der Waals surface area contributed by atoms with Crippen LogP contribution in [0.2, 0.25) is 0 Å². The number of hydrogen-bond donors (Lipinski definition) is 1. The summed E-state index contributed by atoms with van der Waals surface area (Å²) in [7, 11) is 0. The molecule has 0 aliphatic carbocycles. The lowest BCUT2D eigenvalue weighted by Crippen LogP contribution is -2.50. The Morgan fingerprint density at radius 1 is 1.10 bits per heavy atom. The van der Waals surface area contributed by atoms with Crippen molar-refractivity contribution in [2.24, 2.45) is 5.73 Å². The molecule has 0 atom stereocenters. The normalized spacial score (nSPS) is 15.9. The first-order valence-corrected chi connectivity index (χ1v) is 6.61. The fourth-order valence-corrected chi connectivity index (χ4v) is 2.12. The molecule has 1 heterocycles. The fraction of sp³-hybridized carbons (Fsp3) is 0.429. The van der Waals surface area contributed by atoms with E-state index in [0.29, 0.717) is 26.2 Å². The molecule has 1 aliphatic rings. The minimum absolute atomic E-state index is 0.243. The largest absolute Gasteiger partial charge is 0.445 e. The smallest absolute Gasteiger partial charge is 0.410 e. The summed E-state index contributed by atoms with van der Waals surface area (Å²) < 4.78 is 5.26. The highest BCUT2D eigenvalue weighted by Crippen LogP contribution is 2.06. The zero-order valence-electron chi connectivity index (χ0n) is 11.3. The fourth-order valence-electron chi connectivity index (χ4n) is 2.12. The maximum atomic E-state index is 11.9. The monoisotopic (exact) mass is 277 g/mol. The van der Waals surface area contributed by atoms with Gasteiger partial charge in [-0.25, -0.2) is 4.79 Å². The van der Waals surface area contributed by atoms with E-state index in [2.05, 4.69) is 0 Å². The summed E-state index contributed by atoms with van der Waals surface area (Å²) >= 11 is 0. The molecule has 0 aromatic heterocycles. The number of benzene rings is 1. The highest BCUT2D eigenvalue weighted by molar-refractivity contribution is 5.76. The predicted molar refractivity (Wildman–Crippen MR) is 73.8 cm³/mol. The second kappa shape index (κ2) is 6.91. The molecule has 2 amide bonds. The van der Waals surface area contributed by atoms with Gasteiger partial charge in [-0.15, -0.1) is 0 Å². The third kappa shape index (κ3) is 4.24. The Morgan fingerprint density at radius 2 is 1.75 bits per heavy atom. The van der Waals surface area contributed by atoms with Gasteiger partial charge < -0.3 is 15.4 Å². The lowest BCUT2D eigenvalue weighted by Gasteiger charge is -2.33. The van der Waals surface area contributed by atoms with Gasteiger partial charge >= 0.3 is 6.09 Å². The van der Waals surface area contributed by atoms with E-state index in [0.717, 1.165) is 5.56 Å². The van der Waals surface area contributed by atoms with E-state index >= 15 is 0 Å². The molecule has 1 aromatic carbocycles. The Kier molecular flexibility index (Phi) is 4.95. The van der Waals surface area contributed by atoms with Gasteiger partial charge in [0.2, 0.25) is 5.91 Å². The van der Waals surface area contributed by atoms with Crippen molar-refractivity contribution >= 4 is 12.0 Å². The van der Waals surface area contributed by atoms with Crippen LogP contribution in [-0.2, 0) is 16.1 Å². The quantitative estimate of drug-likeness (QED) is 0.865. The topological polar surface area (TPSA) is 75.9 Å². The van der Waals surface area contributed by atoms with Crippen LogP contribution in [0.4, 0.5) is 4.79 Å². The summed E-state index contributed by atoms with van der Waals surface area (Å²) in [6.45, 7) is 2.92. The van der Waals surface area contributed by atoms with Crippen molar-refractivity contribution in [1.29, 1.82) is 0 Å². The number of carbonyl (C=O) groups excluding carboxylic acids is 2. The minimum atomic E-state index is -0.342. The highest BCUT2D eigenvalue weighted by atomic mass is 16.6. The lowest BCUT2D eigenvalue weighted by molar-refractivity contribution is -0.119. The van der Waals surface area contributed by atoms with Gasteiger partial charge in [0.1, 0.15) is 6.61 Å². The zero-order valence-corrected chi connectivity index (χ0v) is 11.3. The van der Waals surface area contributed by atoms with Crippen molar-refractivity contribution in [2.75, 3.05) is 32.7 Å². The van der Waals surface area contributed by atoms with Crippen LogP contribution in [-0.4, -0.2) is 54.5 Å². The molecule has 1 aromatic rings. The molecule has 0 radical (unpaired) electrons. The summed E-state index contributed by atoms with van der Waals surface area (Å²) in [6.07, 6.45) is -0.312. The van der Waals surface area contributed by atoms with Gasteiger partial charge in [-0.05, 0) is 5.56 Å². The number of hydrogen-bond acceptors (Lipinski definition) is 4. The highest BCUT2D eigenvalue weighted by Gasteiger charge is 2.22. The first kappa shape index (κ1) is 14.3. The van der Waals surface area contributed by atoms with Crippen LogP contribution in [0.15, 0.2) is 30.3 Å². The molecule has 6 heteroatoms. The van der Waals surface area contributed by atoms with Crippen molar-refractivity contribution in [3.05, 3.63) is 35.9 Å². The zero-order chi connectivity index (χ0) is 14.4. The van der Waals surface area contributed by atoms with Crippen LogP contribution in [0, 0.1) is 0 Å². The SMILES string of the molecule is NC(=O)CN1CCN(C(=O)OCc2ccccc2)CC1. The maximum Gasteiger partial charge on any atom is 0.410 e. The van der Waals surface area contributed by atoms with Crippen LogP contribution in [0.5, 0.6) is 0 Å². The first-order valence-electron chi connectivity index (χ1n) is 6.61. The van der Waals surface area contributed by atoms with Crippen LogP contribution in [0.1, 0.15) is 5.56 Å². The molecule has 1 saturated heterocycles. The average Bonchev–Trinajstić information content (AvgIpc) is 2.46. The lowest BCUT2D eigenvalue weighted by atomic mass is 10.2. The summed E-state index contributed by atoms with van der Waals surface area (Å²) in [5, 5.41) is 0. The second-order valence-electron chi connectivity index (χ2n) is 4.77. The van der Waals surface area contributed by atoms with Gasteiger partial charge in [0.05, 0.1) is 6.54 Å². The van der Waals surface area contributed by atoms with E-state index in [1.165, 1.54) is 0 Å². The third-order valence-corrected chi connectivity index (χ3v) is 3.22. The number of primary amides is 1. The first-order chi connectivity index (χ1) is 9.65. The molecule has 6 nitrogen and oxygen atoms in total. The van der Waals surface area contributed by atoms with Gasteiger partial charge in [0.15, 0.2) is 0 Å². The van der Waals surface area contributed by atoms with Gasteiger partial charge in [-0.1, -0.05) is 30.3 Å². The number of carbonyl (C=O) groups is 2. The van der Waals surface area contributed by atoms with Gasteiger partial charge in [0.25, 0.3) is 0 Å². The molecule has 0 unspecified atom stereocenters. The van der Waals surface area contributed by atoms with Gasteiger partial charge in [-0.2, -0.15) is 0 Å². The number of nitrogens with zero attached hydrogens (tertiary/aromatic N) is 2. The van der Waals surface area contributed by atoms with Crippen LogP contribution in [0.25, 0.3) is 0 Å². The molecule has 0 spiro atoms. The van der Waals surface area contributed by atoms with E-state index in [4.69, 9.17) is 10.5 Å². The molecular weight excluding hydrogens is 258 g/mol. The number of nitrogens with two attached hydrogens (primary N) is 1. The maximum absolute atomic E-state index is 11.9. The van der Waals surface area contributed by atoms with E-state index in [1.807, 2.05) is 35.2 Å². The predicted octanol–water partition coefficient (Wildman–Crippen LogP) is 0.426. The van der Waals surface area contributed by atoms with Crippen molar-refractivity contribution in [3.63, 3.8) is 0 Å². The minimum Gasteiger partial charge on any atom is -0.445 e. The van der Waals surface area contributed by atoms with Crippen molar-refractivity contribution in [2.45, 2.75) is 6.61 Å². The van der Waals surface area contributed by atoms with E-state index in [9.17, 15) is 9.59 Å². The molecule has 2 rings (SSSR count). The number of piperazine rings is 1. The number of amides is 2. The Balaban J connectivity index is 1.73. The number of rotatable bonds is 4. The average molecular weight is 277 g/mol. The van der Waals surface area contributed by atoms with Gasteiger partial charge in [-0.3, -0.25) is 9.69 Å². The Bertz CT molecular complexity index is 456. The molecule has 108 valence electrons. The molecular formula is C14H19N3O3. The Labute approximate surface area is 118 Å². The second-order valence-corrected chi connectivity index (χ2v) is 4.77. The van der Waals surface area contributed by atoms with Crippen molar-refractivity contribution < 1.29 is 14.3 Å². The van der Waals surface area contributed by atoms with Crippen LogP contribution < -0.4 is 5.73 Å². The molecule has 0 bridgehead atoms. The number of ether oxygens (including phenoxy) is 1. The standard InChI is InChI=1S/C14H19N3O3/c15-13(18)10-16-6-8-17(9-7-16)14(19)20-11-12-4-2-1-3-5-12/h1-5H,6-11H2,(H2,15,18). The van der Waals surface area contributed by atoms with E-state index in [1.54, 1.807) is 4.90 Å². The molecule has 2 N–H and O–H groups in total. The van der Waals surface area contributed by atoms with E-state index in [-0.39, 0.29) is 25.2 Å². The van der Waals surface area contributed by atoms with Crippen LogP contribution in [0.3, 0.4) is 0 Å². The molecule has 1 fully saturated rings. The summed E-state index contributed by atoms with van der Waals surface area (Å²) in [5.74, 6) is -0.342. The summed E-state index contributed by atoms with van der Waals surface area (Å²) in [4.78, 5) is 26.3. The molecule has 20 heavy (non-hydrogen) atoms. The van der Waals surface area contributed by atoms with Crippen LogP contribution >= 0.6 is 0 Å². The summed E-state index contributed by atoms with van der Waals surface area (Å²) in [6, 6.07) is 9.57. The third-order valence-electron chi connectivity index (χ3n) is 3.22. The Morgan fingerprint density at radius 3 is 2.35 bits per heavy atom. The summed E-state index contributed by atoms with van der Waals surface area (Å²) in [5.41, 5.74) is 6.11. The van der Waals surface area contributed by atoms with Crippen molar-refractivity contribution in [1.82, 2.24) is 9.80 Å². The molecule has 1 aliphatic heterocycles.